The Labute approximate surface area is 113 Å². The maximum Gasteiger partial charge on any atom is 0.336 e. The van der Waals surface area contributed by atoms with Gasteiger partial charge >= 0.3 is 5.97 Å². The second kappa shape index (κ2) is 4.84. The summed E-state index contributed by atoms with van der Waals surface area (Å²) < 4.78 is 0. The number of anilines is 1. The fourth-order valence-electron chi connectivity index (χ4n) is 1.61. The zero-order chi connectivity index (χ0) is 13.3. The number of hydrogen-bond donors (Lipinski definition) is 2. The molecule has 1 aromatic carbocycles. The van der Waals surface area contributed by atoms with Crippen molar-refractivity contribution >= 4 is 35.0 Å². The van der Waals surface area contributed by atoms with E-state index in [0.717, 1.165) is 0 Å². The maximum atomic E-state index is 11.2. The van der Waals surface area contributed by atoms with Crippen LogP contribution in [0.2, 0.25) is 10.0 Å². The Morgan fingerprint density at radius 3 is 2.56 bits per heavy atom. The van der Waals surface area contributed by atoms with Crippen molar-refractivity contribution in [1.82, 2.24) is 4.98 Å². The number of carboxylic acids is 1. The summed E-state index contributed by atoms with van der Waals surface area (Å²) in [5.74, 6) is -0.946. The highest BCUT2D eigenvalue weighted by Crippen LogP contribution is 2.33. The van der Waals surface area contributed by atoms with Crippen LogP contribution in [-0.2, 0) is 0 Å². The molecule has 0 radical (unpaired) electrons. The second-order valence-electron chi connectivity index (χ2n) is 3.55. The molecule has 4 nitrogen and oxygen atoms in total. The topological polar surface area (TPSA) is 76.2 Å². The van der Waals surface area contributed by atoms with E-state index in [4.69, 9.17) is 34.0 Å². The number of carbonyl (C=O) groups is 1. The van der Waals surface area contributed by atoms with Gasteiger partial charge in [-0.2, -0.15) is 0 Å². The SMILES string of the molecule is Nc1nccc(C(=O)O)c1-c1ccc(Cl)c(Cl)c1. The normalized spacial score (nSPS) is 10.3. The minimum atomic E-state index is -1.08. The Hall–Kier alpha value is -1.78. The third kappa shape index (κ3) is 2.25. The average Bonchev–Trinajstić information content (AvgIpc) is 2.32. The third-order valence-electron chi connectivity index (χ3n) is 2.42. The van der Waals surface area contributed by atoms with Crippen LogP contribution in [0.5, 0.6) is 0 Å². The molecular weight excluding hydrogens is 275 g/mol. The van der Waals surface area contributed by atoms with Gasteiger partial charge in [-0.1, -0.05) is 29.3 Å². The average molecular weight is 283 g/mol. The molecule has 0 aliphatic heterocycles. The number of nitrogens with two attached hydrogens (primary N) is 1. The first-order valence-corrected chi connectivity index (χ1v) is 5.69. The molecule has 0 unspecified atom stereocenters. The van der Waals surface area contributed by atoms with E-state index in [-0.39, 0.29) is 11.4 Å². The van der Waals surface area contributed by atoms with E-state index in [9.17, 15) is 4.79 Å². The molecule has 0 bridgehead atoms. The van der Waals surface area contributed by atoms with E-state index >= 15 is 0 Å². The van der Waals surface area contributed by atoms with E-state index < -0.39 is 5.97 Å². The Morgan fingerprint density at radius 2 is 1.94 bits per heavy atom. The molecule has 3 N–H and O–H groups in total. The van der Waals surface area contributed by atoms with Crippen LogP contribution < -0.4 is 5.73 Å². The van der Waals surface area contributed by atoms with E-state index in [1.807, 2.05) is 0 Å². The van der Waals surface area contributed by atoms with Crippen molar-refractivity contribution < 1.29 is 9.90 Å². The van der Waals surface area contributed by atoms with Gasteiger partial charge in [-0.3, -0.25) is 0 Å². The van der Waals surface area contributed by atoms with Gasteiger partial charge in [0, 0.05) is 11.8 Å². The molecule has 1 aromatic heterocycles. The van der Waals surface area contributed by atoms with Gasteiger partial charge in [0.25, 0.3) is 0 Å². The van der Waals surface area contributed by atoms with Crippen LogP contribution in [0.25, 0.3) is 11.1 Å². The van der Waals surface area contributed by atoms with Crippen molar-refractivity contribution in [3.63, 3.8) is 0 Å². The summed E-state index contributed by atoms with van der Waals surface area (Å²) in [6.45, 7) is 0. The molecular formula is C12H8Cl2N2O2. The molecule has 18 heavy (non-hydrogen) atoms. The van der Waals surface area contributed by atoms with Gasteiger partial charge in [-0.05, 0) is 23.8 Å². The van der Waals surface area contributed by atoms with Gasteiger partial charge in [0.1, 0.15) is 5.82 Å². The van der Waals surface area contributed by atoms with Crippen LogP contribution in [0, 0.1) is 0 Å². The van der Waals surface area contributed by atoms with E-state index in [0.29, 0.717) is 21.2 Å². The zero-order valence-electron chi connectivity index (χ0n) is 9.02. The summed E-state index contributed by atoms with van der Waals surface area (Å²) in [5.41, 5.74) is 6.70. The first kappa shape index (κ1) is 12.7. The smallest absolute Gasteiger partial charge is 0.336 e. The molecule has 2 aromatic rings. The number of nitrogens with zero attached hydrogens (tertiary/aromatic N) is 1. The lowest BCUT2D eigenvalue weighted by atomic mass is 10.0. The lowest BCUT2D eigenvalue weighted by molar-refractivity contribution is 0.0697. The Morgan fingerprint density at radius 1 is 1.22 bits per heavy atom. The summed E-state index contributed by atoms with van der Waals surface area (Å²) in [5, 5.41) is 9.85. The lowest BCUT2D eigenvalue weighted by Crippen LogP contribution is -2.04. The van der Waals surface area contributed by atoms with E-state index in [1.165, 1.54) is 12.3 Å². The second-order valence-corrected chi connectivity index (χ2v) is 4.37. The standard InChI is InChI=1S/C12H8Cl2N2O2/c13-8-2-1-6(5-9(8)14)10-7(12(17)18)3-4-16-11(10)15/h1-5H,(H2,15,16)(H,17,18). The number of aromatic carboxylic acids is 1. The molecule has 0 amide bonds. The van der Waals surface area contributed by atoms with E-state index in [2.05, 4.69) is 4.98 Å². The van der Waals surface area contributed by atoms with Crippen molar-refractivity contribution in [2.24, 2.45) is 0 Å². The van der Waals surface area contributed by atoms with Gasteiger partial charge in [0.05, 0.1) is 15.6 Å². The summed E-state index contributed by atoms with van der Waals surface area (Å²) in [7, 11) is 0. The highest BCUT2D eigenvalue weighted by atomic mass is 35.5. The summed E-state index contributed by atoms with van der Waals surface area (Å²) >= 11 is 11.7. The van der Waals surface area contributed by atoms with E-state index in [1.54, 1.807) is 18.2 Å². The van der Waals surface area contributed by atoms with Crippen LogP contribution in [0.3, 0.4) is 0 Å². The highest BCUT2D eigenvalue weighted by molar-refractivity contribution is 6.42. The van der Waals surface area contributed by atoms with Gasteiger partial charge in [-0.25, -0.2) is 9.78 Å². The number of hydrogen-bond acceptors (Lipinski definition) is 3. The number of nitrogen functional groups attached to an aromatic ring is 1. The van der Waals surface area contributed by atoms with Crippen LogP contribution in [0.15, 0.2) is 30.5 Å². The molecule has 0 fully saturated rings. The van der Waals surface area contributed by atoms with Gasteiger partial charge in [0.2, 0.25) is 0 Å². The number of halogens is 2. The molecule has 0 saturated heterocycles. The Balaban J connectivity index is 2.69. The molecule has 0 saturated carbocycles. The minimum absolute atomic E-state index is 0.0703. The first-order chi connectivity index (χ1) is 8.50. The fourth-order valence-corrected chi connectivity index (χ4v) is 1.91. The van der Waals surface area contributed by atoms with Gasteiger partial charge in [-0.15, -0.1) is 0 Å². The summed E-state index contributed by atoms with van der Waals surface area (Å²) in [6, 6.07) is 6.17. The third-order valence-corrected chi connectivity index (χ3v) is 3.16. The predicted octanol–water partition coefficient (Wildman–Crippen LogP) is 3.34. The van der Waals surface area contributed by atoms with Crippen LogP contribution >= 0.6 is 23.2 Å². The Kier molecular flexibility index (Phi) is 3.41. The van der Waals surface area contributed by atoms with Crippen molar-refractivity contribution in [3.8, 4) is 11.1 Å². The number of benzene rings is 1. The van der Waals surface area contributed by atoms with Crippen molar-refractivity contribution in [2.75, 3.05) is 5.73 Å². The molecule has 0 aliphatic carbocycles. The van der Waals surface area contributed by atoms with Crippen molar-refractivity contribution in [2.45, 2.75) is 0 Å². The van der Waals surface area contributed by atoms with Crippen molar-refractivity contribution in [3.05, 3.63) is 46.1 Å². The van der Waals surface area contributed by atoms with Crippen LogP contribution in [-0.4, -0.2) is 16.1 Å². The molecule has 6 heteroatoms. The zero-order valence-corrected chi connectivity index (χ0v) is 10.5. The monoisotopic (exact) mass is 282 g/mol. The number of rotatable bonds is 2. The summed E-state index contributed by atoms with van der Waals surface area (Å²) in [6.07, 6.45) is 1.35. The molecule has 92 valence electrons. The highest BCUT2D eigenvalue weighted by Gasteiger charge is 2.16. The molecule has 0 aliphatic rings. The fraction of sp³-hybridized carbons (Fsp3) is 0. The number of pyridine rings is 1. The van der Waals surface area contributed by atoms with Crippen molar-refractivity contribution in [1.29, 1.82) is 0 Å². The van der Waals surface area contributed by atoms with Gasteiger partial charge in [0.15, 0.2) is 0 Å². The minimum Gasteiger partial charge on any atom is -0.478 e. The van der Waals surface area contributed by atoms with Crippen LogP contribution in [0.1, 0.15) is 10.4 Å². The molecule has 0 atom stereocenters. The number of carboxylic acid groups (broad SMARTS) is 1. The Bertz CT molecular complexity index is 629. The molecule has 0 spiro atoms. The number of aromatic nitrogens is 1. The largest absolute Gasteiger partial charge is 0.478 e. The van der Waals surface area contributed by atoms with Crippen LogP contribution in [0.4, 0.5) is 5.82 Å². The summed E-state index contributed by atoms with van der Waals surface area (Å²) in [4.78, 5) is 15.0. The first-order valence-electron chi connectivity index (χ1n) is 4.94. The quantitative estimate of drug-likeness (QED) is 0.886. The maximum absolute atomic E-state index is 11.2. The predicted molar refractivity (Wildman–Crippen MR) is 71.1 cm³/mol. The van der Waals surface area contributed by atoms with Gasteiger partial charge < -0.3 is 10.8 Å². The molecule has 2 rings (SSSR count). The molecule has 1 heterocycles. The lowest BCUT2D eigenvalue weighted by Gasteiger charge is -2.09.